The van der Waals surface area contributed by atoms with E-state index in [1.54, 1.807) is 36.0 Å². The van der Waals surface area contributed by atoms with Gasteiger partial charge in [-0.25, -0.2) is 9.37 Å². The van der Waals surface area contributed by atoms with E-state index in [2.05, 4.69) is 4.98 Å². The van der Waals surface area contributed by atoms with E-state index in [0.29, 0.717) is 29.3 Å². The van der Waals surface area contributed by atoms with Crippen LogP contribution in [0.2, 0.25) is 0 Å². The van der Waals surface area contributed by atoms with E-state index in [1.807, 2.05) is 30.3 Å². The quantitative estimate of drug-likeness (QED) is 0.488. The van der Waals surface area contributed by atoms with Crippen molar-refractivity contribution < 1.29 is 13.9 Å². The Balaban J connectivity index is 1.63. The number of rotatable bonds is 7. The van der Waals surface area contributed by atoms with Crippen LogP contribution in [0.1, 0.15) is 24.2 Å². The summed E-state index contributed by atoms with van der Waals surface area (Å²) in [4.78, 5) is 16.4. The molecule has 28 heavy (non-hydrogen) atoms. The van der Waals surface area contributed by atoms with Crippen LogP contribution >= 0.6 is 0 Å². The van der Waals surface area contributed by atoms with Crippen LogP contribution in [0.15, 0.2) is 54.7 Å². The van der Waals surface area contributed by atoms with E-state index in [1.165, 1.54) is 12.3 Å². The van der Waals surface area contributed by atoms with E-state index in [4.69, 9.17) is 4.74 Å². The van der Waals surface area contributed by atoms with Crippen molar-refractivity contribution in [2.24, 2.45) is 0 Å². The van der Waals surface area contributed by atoms with Crippen LogP contribution in [0.4, 0.5) is 10.2 Å². The average Bonchev–Trinajstić information content (AvgIpc) is 3.07. The lowest BCUT2D eigenvalue weighted by molar-refractivity contribution is -0.145. The third-order valence-corrected chi connectivity index (χ3v) is 4.65. The van der Waals surface area contributed by atoms with Crippen LogP contribution in [-0.4, -0.2) is 22.1 Å². The van der Waals surface area contributed by atoms with Gasteiger partial charge in [-0.15, -0.1) is 0 Å². The predicted molar refractivity (Wildman–Crippen MR) is 105 cm³/mol. The van der Waals surface area contributed by atoms with Gasteiger partial charge in [0.05, 0.1) is 18.7 Å². The van der Waals surface area contributed by atoms with Crippen molar-refractivity contribution in [3.8, 4) is 11.1 Å². The van der Waals surface area contributed by atoms with E-state index in [0.717, 1.165) is 5.56 Å². The number of halogens is 1. The number of carbonyl (C=O) groups excluding carboxylic acids is 1. The number of nitrogens with zero attached hydrogens (tertiary/aromatic N) is 2. The fraction of sp³-hybridized carbons (Fsp3) is 0.238. The average molecular weight is 382 g/mol. The zero-order valence-corrected chi connectivity index (χ0v) is 15.7. The van der Waals surface area contributed by atoms with Gasteiger partial charge in [-0.1, -0.05) is 42.5 Å². The maximum atomic E-state index is 14.5. The molecule has 0 aliphatic rings. The number of imidazole rings is 1. The summed E-state index contributed by atoms with van der Waals surface area (Å²) >= 11 is 0. The number of nitrogens with one attached hydrogen (secondary N) is 1. The largest absolute Gasteiger partial charge is 0.760 e. The Labute approximate surface area is 162 Å². The Kier molecular flexibility index (Phi) is 6.06. The highest BCUT2D eigenvalue weighted by molar-refractivity contribution is 5.78. The Hall–Kier alpha value is -3.19. The molecule has 0 fully saturated rings. The van der Waals surface area contributed by atoms with Gasteiger partial charge in [-0.2, -0.15) is 0 Å². The monoisotopic (exact) mass is 382 g/mol. The number of ether oxygens (including phenoxy) is 1. The molecule has 0 bridgehead atoms. The topological polar surface area (TPSA) is 79.2 Å². The zero-order valence-electron chi connectivity index (χ0n) is 15.7. The van der Waals surface area contributed by atoms with E-state index in [-0.39, 0.29) is 12.4 Å². The summed E-state index contributed by atoms with van der Waals surface area (Å²) in [5.74, 6) is -0.508. The molecule has 1 heterocycles. The molecule has 7 heteroatoms. The molecule has 6 nitrogen and oxygen atoms in total. The SMILES string of the molecule is Cc1ncc(N[O-])n1CCOC(=O)C(C)c1ccc(-c2ccccc2)c(F)c1. The highest BCUT2D eigenvalue weighted by Crippen LogP contribution is 2.26. The number of hydrogen-bond acceptors (Lipinski definition) is 5. The molecule has 3 rings (SSSR count). The summed E-state index contributed by atoms with van der Waals surface area (Å²) in [6.45, 7) is 3.81. The molecule has 0 spiro atoms. The highest BCUT2D eigenvalue weighted by Gasteiger charge is 2.19. The summed E-state index contributed by atoms with van der Waals surface area (Å²) in [5.41, 5.74) is 3.60. The second-order valence-corrected chi connectivity index (χ2v) is 6.44. The van der Waals surface area contributed by atoms with Gasteiger partial charge in [0.25, 0.3) is 0 Å². The summed E-state index contributed by atoms with van der Waals surface area (Å²) in [5, 5.41) is 10.9. The molecule has 0 radical (unpaired) electrons. The predicted octanol–water partition coefficient (Wildman–Crippen LogP) is 4.25. The van der Waals surface area contributed by atoms with Crippen molar-refractivity contribution >= 4 is 11.8 Å². The molecule has 0 aliphatic carbocycles. The number of esters is 1. The lowest BCUT2D eigenvalue weighted by atomic mass is 9.97. The van der Waals surface area contributed by atoms with Crippen LogP contribution in [-0.2, 0) is 16.1 Å². The number of anilines is 1. The summed E-state index contributed by atoms with van der Waals surface area (Å²) in [6, 6.07) is 14.0. The van der Waals surface area contributed by atoms with Gasteiger partial charge in [0.1, 0.15) is 24.1 Å². The minimum atomic E-state index is -0.611. The Morgan fingerprint density at radius 3 is 2.71 bits per heavy atom. The van der Waals surface area contributed by atoms with Crippen molar-refractivity contribution in [1.82, 2.24) is 9.55 Å². The molecule has 2 aromatic carbocycles. The Morgan fingerprint density at radius 1 is 1.29 bits per heavy atom. The summed E-state index contributed by atoms with van der Waals surface area (Å²) in [7, 11) is 0. The molecular weight excluding hydrogens is 361 g/mol. The molecule has 0 aliphatic heterocycles. The number of benzene rings is 2. The first-order valence-electron chi connectivity index (χ1n) is 8.93. The fourth-order valence-corrected chi connectivity index (χ4v) is 2.98. The number of hydrogen-bond donors (Lipinski definition) is 1. The molecule has 0 saturated heterocycles. The van der Waals surface area contributed by atoms with Gasteiger partial charge < -0.3 is 20.0 Å². The lowest BCUT2D eigenvalue weighted by Crippen LogP contribution is -2.17. The number of aryl methyl sites for hydroxylation is 1. The van der Waals surface area contributed by atoms with Crippen LogP contribution in [0.3, 0.4) is 0 Å². The normalized spacial score (nSPS) is 11.9. The summed E-state index contributed by atoms with van der Waals surface area (Å²) in [6.07, 6.45) is 1.42. The van der Waals surface area contributed by atoms with Gasteiger partial charge in [0.2, 0.25) is 0 Å². The van der Waals surface area contributed by atoms with Crippen LogP contribution < -0.4 is 5.48 Å². The van der Waals surface area contributed by atoms with Crippen molar-refractivity contribution in [3.05, 3.63) is 77.1 Å². The molecule has 1 atom stereocenters. The number of aromatic nitrogens is 2. The molecule has 0 saturated carbocycles. The zero-order chi connectivity index (χ0) is 20.1. The van der Waals surface area contributed by atoms with E-state index < -0.39 is 11.9 Å². The molecule has 1 aromatic heterocycles. The number of carbonyl (C=O) groups is 1. The third kappa shape index (κ3) is 4.20. The first-order chi connectivity index (χ1) is 13.5. The third-order valence-electron chi connectivity index (χ3n) is 4.65. The second kappa shape index (κ2) is 8.67. The molecule has 146 valence electrons. The van der Waals surface area contributed by atoms with Crippen molar-refractivity contribution in [2.75, 3.05) is 12.1 Å². The van der Waals surface area contributed by atoms with E-state index in [9.17, 15) is 14.4 Å². The molecular formula is C21H21FN3O3-. The molecule has 1 N–H and O–H groups in total. The van der Waals surface area contributed by atoms with Gasteiger partial charge >= 0.3 is 5.97 Å². The maximum Gasteiger partial charge on any atom is 0.313 e. The smallest absolute Gasteiger partial charge is 0.313 e. The van der Waals surface area contributed by atoms with Crippen molar-refractivity contribution in [3.63, 3.8) is 0 Å². The van der Waals surface area contributed by atoms with E-state index >= 15 is 0 Å². The first kappa shape index (κ1) is 19.6. The van der Waals surface area contributed by atoms with Gasteiger partial charge in [-0.05, 0) is 31.0 Å². The molecule has 1 unspecified atom stereocenters. The van der Waals surface area contributed by atoms with Crippen molar-refractivity contribution in [1.29, 1.82) is 0 Å². The van der Waals surface area contributed by atoms with Gasteiger partial charge in [0.15, 0.2) is 0 Å². The second-order valence-electron chi connectivity index (χ2n) is 6.44. The van der Waals surface area contributed by atoms with Crippen LogP contribution in [0.25, 0.3) is 11.1 Å². The minimum Gasteiger partial charge on any atom is -0.760 e. The maximum absolute atomic E-state index is 14.5. The van der Waals surface area contributed by atoms with Crippen molar-refractivity contribution in [2.45, 2.75) is 26.3 Å². The first-order valence-corrected chi connectivity index (χ1v) is 8.93. The molecule has 0 amide bonds. The van der Waals surface area contributed by atoms with Crippen LogP contribution in [0, 0.1) is 17.9 Å². The fourth-order valence-electron chi connectivity index (χ4n) is 2.98. The molecule has 3 aromatic rings. The Bertz CT molecular complexity index is 957. The lowest BCUT2D eigenvalue weighted by Gasteiger charge is -2.16. The van der Waals surface area contributed by atoms with Crippen LogP contribution in [0.5, 0.6) is 0 Å². The Morgan fingerprint density at radius 2 is 2.04 bits per heavy atom. The highest BCUT2D eigenvalue weighted by atomic mass is 19.1. The van der Waals surface area contributed by atoms with Gasteiger partial charge in [0, 0.05) is 5.56 Å². The standard InChI is InChI=1S/C21H21FN3O3/c1-14(21(26)28-11-10-25-15(2)23-13-20(25)24-27)17-8-9-18(19(22)12-17)16-6-4-3-5-7-16/h3-9,12-14,24H,10-11H2,1-2H3/q-1. The van der Waals surface area contributed by atoms with Gasteiger partial charge in [-0.3, -0.25) is 4.79 Å². The minimum absolute atomic E-state index is 0.0830. The summed E-state index contributed by atoms with van der Waals surface area (Å²) < 4.78 is 21.5.